The van der Waals surface area contributed by atoms with Crippen molar-refractivity contribution in [2.24, 2.45) is 0 Å². The Morgan fingerprint density at radius 1 is 0.903 bits per heavy atom. The van der Waals surface area contributed by atoms with Crippen LogP contribution < -0.4 is 0 Å². The first-order chi connectivity index (χ1) is 15.2. The molecule has 31 heavy (non-hydrogen) atoms. The molecule has 0 atom stereocenters. The van der Waals surface area contributed by atoms with Gasteiger partial charge in [-0.15, -0.1) is 0 Å². The van der Waals surface area contributed by atoms with E-state index in [1.807, 2.05) is 4.90 Å². The number of rotatable bonds is 5. The smallest absolute Gasteiger partial charge is 0.410 e. The van der Waals surface area contributed by atoms with Crippen LogP contribution >= 0.6 is 0 Å². The van der Waals surface area contributed by atoms with Crippen molar-refractivity contribution in [1.82, 2.24) is 9.80 Å². The molecule has 5 heteroatoms. The molecule has 0 N–H and O–H groups in total. The maximum Gasteiger partial charge on any atom is 0.410 e. The molecule has 0 aromatic heterocycles. The fraction of sp³-hybridized carbons (Fsp3) is 0.500. The fourth-order valence-electron chi connectivity index (χ4n) is 5.27. The highest BCUT2D eigenvalue weighted by Crippen LogP contribution is 2.37. The molecule has 164 valence electrons. The van der Waals surface area contributed by atoms with Gasteiger partial charge in [-0.25, -0.2) is 4.79 Å². The van der Waals surface area contributed by atoms with E-state index in [0.29, 0.717) is 6.54 Å². The molecular formula is C26H32N2O3. The SMILES string of the molecule is O=C1OC2(CCCCC2)CN1Cc1cccc(-c2ccccc2CN2CCOCC2)c1. The quantitative estimate of drug-likeness (QED) is 0.694. The first-order valence-electron chi connectivity index (χ1n) is 11.7. The fourth-order valence-corrected chi connectivity index (χ4v) is 5.27. The van der Waals surface area contributed by atoms with Gasteiger partial charge in [0.15, 0.2) is 0 Å². The minimum absolute atomic E-state index is 0.153. The van der Waals surface area contributed by atoms with Gasteiger partial charge in [0.1, 0.15) is 5.60 Å². The Morgan fingerprint density at radius 2 is 1.71 bits per heavy atom. The van der Waals surface area contributed by atoms with Gasteiger partial charge in [0.25, 0.3) is 0 Å². The molecule has 0 bridgehead atoms. The predicted octanol–water partition coefficient (Wildman–Crippen LogP) is 4.84. The van der Waals surface area contributed by atoms with E-state index in [1.165, 1.54) is 23.1 Å². The van der Waals surface area contributed by atoms with Crippen LogP contribution in [0.25, 0.3) is 11.1 Å². The molecule has 2 heterocycles. The van der Waals surface area contributed by atoms with Gasteiger partial charge in [0.2, 0.25) is 0 Å². The van der Waals surface area contributed by atoms with Crippen LogP contribution in [0.2, 0.25) is 0 Å². The minimum atomic E-state index is -0.238. The average molecular weight is 421 g/mol. The van der Waals surface area contributed by atoms with Gasteiger partial charge < -0.3 is 9.47 Å². The van der Waals surface area contributed by atoms with Crippen molar-refractivity contribution in [3.63, 3.8) is 0 Å². The first kappa shape index (κ1) is 20.5. The number of ether oxygens (including phenoxy) is 2. The van der Waals surface area contributed by atoms with Crippen LogP contribution in [0.1, 0.15) is 43.2 Å². The highest BCUT2D eigenvalue weighted by molar-refractivity contribution is 5.71. The van der Waals surface area contributed by atoms with Gasteiger partial charge >= 0.3 is 6.09 Å². The number of hydrogen-bond donors (Lipinski definition) is 0. The number of carbonyl (C=O) groups excluding carboxylic acids is 1. The van der Waals surface area contributed by atoms with E-state index in [1.54, 1.807) is 0 Å². The third-order valence-electron chi connectivity index (χ3n) is 6.93. The van der Waals surface area contributed by atoms with Crippen molar-refractivity contribution in [1.29, 1.82) is 0 Å². The maximum absolute atomic E-state index is 12.6. The molecule has 0 unspecified atom stereocenters. The monoisotopic (exact) mass is 420 g/mol. The lowest BCUT2D eigenvalue weighted by Gasteiger charge is -2.30. The van der Waals surface area contributed by atoms with Crippen LogP contribution in [0.4, 0.5) is 4.79 Å². The third kappa shape index (κ3) is 4.63. The summed E-state index contributed by atoms with van der Waals surface area (Å²) in [5, 5.41) is 0. The number of benzene rings is 2. The van der Waals surface area contributed by atoms with Crippen molar-refractivity contribution in [2.75, 3.05) is 32.8 Å². The second kappa shape index (κ2) is 9.01. The topological polar surface area (TPSA) is 42.0 Å². The zero-order chi connectivity index (χ0) is 21.1. The second-order valence-corrected chi connectivity index (χ2v) is 9.21. The Hall–Kier alpha value is -2.37. The second-order valence-electron chi connectivity index (χ2n) is 9.21. The van der Waals surface area contributed by atoms with Crippen molar-refractivity contribution in [3.05, 3.63) is 59.7 Å². The van der Waals surface area contributed by atoms with E-state index in [4.69, 9.17) is 9.47 Å². The normalized spacial score (nSPS) is 21.4. The highest BCUT2D eigenvalue weighted by atomic mass is 16.6. The summed E-state index contributed by atoms with van der Waals surface area (Å²) in [5.41, 5.74) is 4.73. The van der Waals surface area contributed by atoms with E-state index in [-0.39, 0.29) is 11.7 Å². The van der Waals surface area contributed by atoms with Gasteiger partial charge in [-0.2, -0.15) is 0 Å². The lowest BCUT2D eigenvalue weighted by Crippen LogP contribution is -2.36. The minimum Gasteiger partial charge on any atom is -0.441 e. The summed E-state index contributed by atoms with van der Waals surface area (Å²) in [6, 6.07) is 17.3. The molecule has 0 radical (unpaired) electrons. The molecule has 2 aliphatic heterocycles. The molecule has 3 aliphatic rings. The summed E-state index contributed by atoms with van der Waals surface area (Å²) in [5.74, 6) is 0. The largest absolute Gasteiger partial charge is 0.441 e. The van der Waals surface area contributed by atoms with Crippen LogP contribution in [0, 0.1) is 0 Å². The number of hydrogen-bond acceptors (Lipinski definition) is 4. The first-order valence-corrected chi connectivity index (χ1v) is 11.7. The summed E-state index contributed by atoms with van der Waals surface area (Å²) < 4.78 is 11.4. The number of morpholine rings is 1. The predicted molar refractivity (Wildman–Crippen MR) is 121 cm³/mol. The number of nitrogens with zero attached hydrogens (tertiary/aromatic N) is 2. The summed E-state index contributed by atoms with van der Waals surface area (Å²) in [7, 11) is 0. The zero-order valence-corrected chi connectivity index (χ0v) is 18.2. The zero-order valence-electron chi connectivity index (χ0n) is 18.2. The van der Waals surface area contributed by atoms with Gasteiger partial charge in [-0.3, -0.25) is 9.80 Å². The third-order valence-corrected chi connectivity index (χ3v) is 6.93. The molecule has 1 amide bonds. The van der Waals surface area contributed by atoms with E-state index >= 15 is 0 Å². The van der Waals surface area contributed by atoms with Crippen LogP contribution in [-0.2, 0) is 22.6 Å². The van der Waals surface area contributed by atoms with Gasteiger partial charge in [0, 0.05) is 26.2 Å². The van der Waals surface area contributed by atoms with Gasteiger partial charge in [0.05, 0.1) is 19.8 Å². The molecule has 1 spiro atoms. The standard InChI is InChI=1S/C26H32N2O3/c29-25-28(20-26(31-25)11-4-1-5-12-26)18-21-7-6-9-22(17-21)24-10-3-2-8-23(24)19-27-13-15-30-16-14-27/h2-3,6-10,17H,1,4-5,11-16,18-20H2. The van der Waals surface area contributed by atoms with Crippen LogP contribution in [0.5, 0.6) is 0 Å². The van der Waals surface area contributed by atoms with Crippen LogP contribution in [-0.4, -0.2) is 54.3 Å². The Labute approximate surface area is 184 Å². The van der Waals surface area contributed by atoms with Crippen molar-refractivity contribution >= 4 is 6.09 Å². The summed E-state index contributed by atoms with van der Waals surface area (Å²) in [4.78, 5) is 16.9. The van der Waals surface area contributed by atoms with Crippen LogP contribution in [0.3, 0.4) is 0 Å². The molecule has 5 nitrogen and oxygen atoms in total. The molecule has 2 saturated heterocycles. The highest BCUT2D eigenvalue weighted by Gasteiger charge is 2.45. The van der Waals surface area contributed by atoms with E-state index in [9.17, 15) is 4.79 Å². The Morgan fingerprint density at radius 3 is 2.55 bits per heavy atom. The Balaban J connectivity index is 1.32. The number of amides is 1. The summed E-state index contributed by atoms with van der Waals surface area (Å²) >= 11 is 0. The lowest BCUT2D eigenvalue weighted by atomic mass is 9.85. The molecule has 1 saturated carbocycles. The molecular weight excluding hydrogens is 388 g/mol. The molecule has 2 aromatic rings. The van der Waals surface area contributed by atoms with Crippen LogP contribution in [0.15, 0.2) is 48.5 Å². The van der Waals surface area contributed by atoms with E-state index < -0.39 is 0 Å². The molecule has 2 aromatic carbocycles. The molecule has 1 aliphatic carbocycles. The van der Waals surface area contributed by atoms with E-state index in [2.05, 4.69) is 53.4 Å². The Kier molecular flexibility index (Phi) is 5.97. The van der Waals surface area contributed by atoms with Gasteiger partial charge in [-0.1, -0.05) is 48.9 Å². The number of carbonyl (C=O) groups is 1. The summed E-state index contributed by atoms with van der Waals surface area (Å²) in [6.07, 6.45) is 5.44. The van der Waals surface area contributed by atoms with E-state index in [0.717, 1.165) is 70.6 Å². The maximum atomic E-state index is 12.6. The summed E-state index contributed by atoms with van der Waals surface area (Å²) in [6.45, 7) is 5.85. The van der Waals surface area contributed by atoms with Crippen molar-refractivity contribution < 1.29 is 14.3 Å². The lowest BCUT2D eigenvalue weighted by molar-refractivity contribution is 0.0260. The molecule has 3 fully saturated rings. The average Bonchev–Trinajstić information content (AvgIpc) is 3.09. The van der Waals surface area contributed by atoms with Crippen molar-refractivity contribution in [2.45, 2.75) is 50.8 Å². The molecule has 5 rings (SSSR count). The Bertz CT molecular complexity index is 916. The van der Waals surface area contributed by atoms with Crippen molar-refractivity contribution in [3.8, 4) is 11.1 Å². The van der Waals surface area contributed by atoms with Gasteiger partial charge in [-0.05, 0) is 54.0 Å².